The van der Waals surface area contributed by atoms with E-state index in [1.807, 2.05) is 6.92 Å². The van der Waals surface area contributed by atoms with Crippen LogP contribution in [0.3, 0.4) is 0 Å². The molecule has 1 aromatic carbocycles. The molecule has 0 unspecified atom stereocenters. The molecule has 1 aromatic heterocycles. The molecule has 0 saturated carbocycles. The first-order valence-electron chi connectivity index (χ1n) is 8.97. The number of fused-ring (bicyclic) bond motifs is 1. The summed E-state index contributed by atoms with van der Waals surface area (Å²) in [6.07, 6.45) is 2.89. The maximum Gasteiger partial charge on any atom is 0.262 e. The summed E-state index contributed by atoms with van der Waals surface area (Å²) in [7, 11) is 0. The van der Waals surface area contributed by atoms with Gasteiger partial charge in [-0.05, 0) is 43.4 Å². The molecule has 2 aromatic rings. The molecule has 2 amide bonds. The fraction of sp³-hybridized carbons (Fsp3) is 0.300. The summed E-state index contributed by atoms with van der Waals surface area (Å²) in [6.45, 7) is 10.7. The van der Waals surface area contributed by atoms with Crippen molar-refractivity contribution in [1.29, 1.82) is 0 Å². The molecule has 1 aliphatic rings. The molecule has 2 heterocycles. The number of aromatic amines is 1. The van der Waals surface area contributed by atoms with Crippen LogP contribution in [0.25, 0.3) is 10.9 Å². The number of hydrogen-bond acceptors (Lipinski definition) is 4. The van der Waals surface area contributed by atoms with Crippen molar-refractivity contribution in [3.05, 3.63) is 64.2 Å². The molecule has 1 aliphatic heterocycles. The fourth-order valence-electron chi connectivity index (χ4n) is 3.44. The van der Waals surface area contributed by atoms with Crippen molar-refractivity contribution in [2.75, 3.05) is 19.6 Å². The molecule has 0 spiro atoms. The SMILES string of the molecule is C=CCn1c(=S)[nH]c2cc(C(=O)N3CCN(C(=O)C=C)C[C@@H]3C)ccc2c1=O. The minimum atomic E-state index is -0.220. The number of nitrogens with one attached hydrogen (secondary N) is 1. The molecule has 1 fully saturated rings. The van der Waals surface area contributed by atoms with Crippen molar-refractivity contribution in [1.82, 2.24) is 19.4 Å². The first kappa shape index (κ1) is 19.8. The van der Waals surface area contributed by atoms with Crippen LogP contribution < -0.4 is 5.56 Å². The standard InChI is InChI=1S/C20H22N4O3S/c1-4-8-24-19(27)15-7-6-14(11-16(15)21-20(24)28)18(26)23-10-9-22(12-13(23)3)17(25)5-2/h4-7,11,13H,1-2,8-10,12H2,3H3,(H,21,28)/t13-/m0/s1. The Morgan fingerprint density at radius 2 is 2.07 bits per heavy atom. The van der Waals surface area contributed by atoms with E-state index >= 15 is 0 Å². The number of carbonyl (C=O) groups is 2. The van der Waals surface area contributed by atoms with Crippen molar-refractivity contribution >= 4 is 34.9 Å². The number of amides is 2. The van der Waals surface area contributed by atoms with Crippen LogP contribution in [0.5, 0.6) is 0 Å². The first-order valence-corrected chi connectivity index (χ1v) is 9.38. The van der Waals surface area contributed by atoms with Crippen LogP contribution in [-0.4, -0.2) is 56.8 Å². The van der Waals surface area contributed by atoms with Crippen molar-refractivity contribution in [3.63, 3.8) is 0 Å². The van der Waals surface area contributed by atoms with Gasteiger partial charge >= 0.3 is 0 Å². The second kappa shape index (κ2) is 7.93. The third-order valence-electron chi connectivity index (χ3n) is 4.92. The van der Waals surface area contributed by atoms with Crippen LogP contribution in [0.15, 0.2) is 48.3 Å². The maximum absolute atomic E-state index is 13.0. The summed E-state index contributed by atoms with van der Waals surface area (Å²) < 4.78 is 1.70. The van der Waals surface area contributed by atoms with Gasteiger partial charge in [0, 0.05) is 37.8 Å². The van der Waals surface area contributed by atoms with E-state index in [0.717, 1.165) is 0 Å². The van der Waals surface area contributed by atoms with Gasteiger partial charge in [-0.15, -0.1) is 6.58 Å². The molecule has 0 aliphatic carbocycles. The molecule has 1 saturated heterocycles. The first-order chi connectivity index (χ1) is 13.4. The van der Waals surface area contributed by atoms with Gasteiger partial charge in [0.05, 0.1) is 10.9 Å². The van der Waals surface area contributed by atoms with E-state index in [9.17, 15) is 14.4 Å². The summed E-state index contributed by atoms with van der Waals surface area (Å²) in [5, 5.41) is 0.460. The largest absolute Gasteiger partial charge is 0.335 e. The lowest BCUT2D eigenvalue weighted by atomic mass is 10.1. The Morgan fingerprint density at radius 3 is 2.71 bits per heavy atom. The predicted octanol–water partition coefficient (Wildman–Crippen LogP) is 2.10. The predicted molar refractivity (Wildman–Crippen MR) is 111 cm³/mol. The minimum Gasteiger partial charge on any atom is -0.335 e. The molecule has 146 valence electrons. The van der Waals surface area contributed by atoms with Crippen LogP contribution in [0.1, 0.15) is 17.3 Å². The molecule has 28 heavy (non-hydrogen) atoms. The van der Waals surface area contributed by atoms with Crippen molar-refractivity contribution in [2.24, 2.45) is 0 Å². The zero-order valence-electron chi connectivity index (χ0n) is 15.7. The number of rotatable bonds is 4. The highest BCUT2D eigenvalue weighted by Gasteiger charge is 2.29. The minimum absolute atomic E-state index is 0.125. The summed E-state index contributed by atoms with van der Waals surface area (Å²) in [5.41, 5.74) is 0.770. The number of carbonyl (C=O) groups excluding carboxylic acids is 2. The van der Waals surface area contributed by atoms with E-state index in [1.165, 1.54) is 10.6 Å². The van der Waals surface area contributed by atoms with Gasteiger partial charge in [-0.2, -0.15) is 0 Å². The van der Waals surface area contributed by atoms with E-state index in [4.69, 9.17) is 12.2 Å². The zero-order valence-corrected chi connectivity index (χ0v) is 16.5. The number of benzene rings is 1. The lowest BCUT2D eigenvalue weighted by Crippen LogP contribution is -2.55. The smallest absolute Gasteiger partial charge is 0.262 e. The molecule has 7 nitrogen and oxygen atoms in total. The molecule has 1 atom stereocenters. The average Bonchev–Trinajstić information content (AvgIpc) is 2.69. The molecule has 8 heteroatoms. The summed E-state index contributed by atoms with van der Waals surface area (Å²) in [6, 6.07) is 4.81. The van der Waals surface area contributed by atoms with Crippen LogP contribution in [0.2, 0.25) is 0 Å². The Morgan fingerprint density at radius 1 is 1.32 bits per heavy atom. The molecule has 3 rings (SSSR count). The molecule has 1 N–H and O–H groups in total. The second-order valence-corrected chi connectivity index (χ2v) is 7.12. The Kier molecular flexibility index (Phi) is 5.60. The van der Waals surface area contributed by atoms with E-state index in [0.29, 0.717) is 42.6 Å². The number of nitrogens with zero attached hydrogens (tertiary/aromatic N) is 3. The third kappa shape index (κ3) is 3.55. The summed E-state index contributed by atoms with van der Waals surface area (Å²) >= 11 is 5.25. The molecule has 0 radical (unpaired) electrons. The van der Waals surface area contributed by atoms with Crippen LogP contribution in [0.4, 0.5) is 0 Å². The third-order valence-corrected chi connectivity index (χ3v) is 5.24. The number of aromatic nitrogens is 2. The lowest BCUT2D eigenvalue weighted by Gasteiger charge is -2.39. The highest BCUT2D eigenvalue weighted by molar-refractivity contribution is 7.71. The van der Waals surface area contributed by atoms with Crippen molar-refractivity contribution < 1.29 is 9.59 Å². The molecular formula is C20H22N4O3S. The highest BCUT2D eigenvalue weighted by atomic mass is 32.1. The number of H-pyrrole nitrogens is 1. The van der Waals surface area contributed by atoms with E-state index < -0.39 is 0 Å². The van der Waals surface area contributed by atoms with Gasteiger partial charge < -0.3 is 14.8 Å². The van der Waals surface area contributed by atoms with Crippen LogP contribution >= 0.6 is 12.2 Å². The Hall–Kier alpha value is -3.00. The van der Waals surface area contributed by atoms with Gasteiger partial charge in [-0.25, -0.2) is 0 Å². The Bertz CT molecular complexity index is 1090. The van der Waals surface area contributed by atoms with Crippen LogP contribution in [0, 0.1) is 4.77 Å². The average molecular weight is 398 g/mol. The van der Waals surface area contributed by atoms with E-state index in [1.54, 1.807) is 34.1 Å². The highest BCUT2D eigenvalue weighted by Crippen LogP contribution is 2.17. The van der Waals surface area contributed by atoms with E-state index in [2.05, 4.69) is 18.1 Å². The monoisotopic (exact) mass is 398 g/mol. The van der Waals surface area contributed by atoms with Gasteiger partial charge in [0.25, 0.3) is 11.5 Å². The number of hydrogen-bond donors (Lipinski definition) is 1. The van der Waals surface area contributed by atoms with E-state index in [-0.39, 0.29) is 28.2 Å². The fourth-order valence-corrected chi connectivity index (χ4v) is 3.70. The second-order valence-electron chi connectivity index (χ2n) is 6.73. The normalized spacial score (nSPS) is 16.8. The van der Waals surface area contributed by atoms with Crippen LogP contribution in [-0.2, 0) is 11.3 Å². The van der Waals surface area contributed by atoms with Gasteiger partial charge in [0.1, 0.15) is 0 Å². The van der Waals surface area contributed by atoms with Gasteiger partial charge in [0.15, 0.2) is 4.77 Å². The number of allylic oxidation sites excluding steroid dienone is 1. The Balaban J connectivity index is 1.91. The lowest BCUT2D eigenvalue weighted by molar-refractivity contribution is -0.128. The maximum atomic E-state index is 13.0. The molecule has 0 bridgehead atoms. The summed E-state index contributed by atoms with van der Waals surface area (Å²) in [4.78, 5) is 43.8. The zero-order chi connectivity index (χ0) is 20.4. The summed E-state index contributed by atoms with van der Waals surface area (Å²) in [5.74, 6) is -0.275. The quantitative estimate of drug-likeness (QED) is 0.486. The van der Waals surface area contributed by atoms with Crippen molar-refractivity contribution in [3.8, 4) is 0 Å². The van der Waals surface area contributed by atoms with Gasteiger partial charge in [-0.1, -0.05) is 12.7 Å². The van der Waals surface area contributed by atoms with Gasteiger partial charge in [0.2, 0.25) is 5.91 Å². The molecular weight excluding hydrogens is 376 g/mol. The Labute approximate surface area is 167 Å². The topological polar surface area (TPSA) is 78.4 Å². The van der Waals surface area contributed by atoms with Gasteiger partial charge in [-0.3, -0.25) is 19.0 Å². The van der Waals surface area contributed by atoms with Crippen molar-refractivity contribution in [2.45, 2.75) is 19.5 Å². The number of piperazine rings is 1.